The molecule has 0 spiro atoms. The molecular formula is C15H26O. The summed E-state index contributed by atoms with van der Waals surface area (Å²) >= 11 is 0. The van der Waals surface area contributed by atoms with Crippen LogP contribution in [0.3, 0.4) is 0 Å². The topological polar surface area (TPSA) is 20.2 Å². The van der Waals surface area contributed by atoms with Gasteiger partial charge in [-0.2, -0.15) is 0 Å². The number of rotatable bonds is 1. The van der Waals surface area contributed by atoms with E-state index in [1.54, 1.807) is 5.57 Å². The summed E-state index contributed by atoms with van der Waals surface area (Å²) in [6, 6.07) is 0. The molecule has 0 amide bonds. The van der Waals surface area contributed by atoms with E-state index in [0.717, 1.165) is 11.8 Å². The maximum Gasteiger partial charge on any atom is 0.0622 e. The largest absolute Gasteiger partial charge is 0.390 e. The lowest BCUT2D eigenvalue weighted by Crippen LogP contribution is -2.43. The molecule has 0 radical (unpaired) electrons. The van der Waals surface area contributed by atoms with Crippen LogP contribution in [0.1, 0.15) is 53.4 Å². The van der Waals surface area contributed by atoms with Crippen LogP contribution in [-0.4, -0.2) is 10.7 Å². The zero-order chi connectivity index (χ0) is 11.9. The molecule has 1 fully saturated rings. The van der Waals surface area contributed by atoms with Crippen molar-refractivity contribution in [1.29, 1.82) is 0 Å². The highest BCUT2D eigenvalue weighted by atomic mass is 16.3. The molecule has 1 unspecified atom stereocenters. The van der Waals surface area contributed by atoms with E-state index in [4.69, 9.17) is 0 Å². The van der Waals surface area contributed by atoms with E-state index >= 15 is 0 Å². The summed E-state index contributed by atoms with van der Waals surface area (Å²) in [7, 11) is 0. The Morgan fingerprint density at radius 1 is 1.25 bits per heavy atom. The predicted octanol–water partition coefficient (Wildman–Crippen LogP) is 3.78. The molecule has 2 rings (SSSR count). The molecule has 0 saturated heterocycles. The third-order valence-corrected chi connectivity index (χ3v) is 4.92. The van der Waals surface area contributed by atoms with Gasteiger partial charge in [0.2, 0.25) is 0 Å². The molecule has 0 heterocycles. The lowest BCUT2D eigenvalue weighted by atomic mass is 9.60. The maximum absolute atomic E-state index is 10.3. The van der Waals surface area contributed by atoms with E-state index in [-0.39, 0.29) is 0 Å². The van der Waals surface area contributed by atoms with E-state index in [2.05, 4.69) is 19.9 Å². The molecular weight excluding hydrogens is 196 g/mol. The fourth-order valence-electron chi connectivity index (χ4n) is 4.17. The lowest BCUT2D eigenvalue weighted by Gasteiger charge is -2.47. The molecule has 0 bridgehead atoms. The molecule has 0 aliphatic heterocycles. The van der Waals surface area contributed by atoms with Crippen LogP contribution in [0.5, 0.6) is 0 Å². The summed E-state index contributed by atoms with van der Waals surface area (Å²) < 4.78 is 0. The highest BCUT2D eigenvalue weighted by Crippen LogP contribution is 2.48. The SMILES string of the molecule is C[C@@H]1CCC=C2CC[C@@H](C(C)(C)O)[C@H](C)C21. The molecule has 1 N–H and O–H groups in total. The van der Waals surface area contributed by atoms with E-state index in [1.165, 1.54) is 25.7 Å². The van der Waals surface area contributed by atoms with E-state index in [0.29, 0.717) is 11.8 Å². The Morgan fingerprint density at radius 2 is 1.94 bits per heavy atom. The van der Waals surface area contributed by atoms with Crippen molar-refractivity contribution in [3.63, 3.8) is 0 Å². The minimum Gasteiger partial charge on any atom is -0.390 e. The fraction of sp³-hybridized carbons (Fsp3) is 0.867. The lowest BCUT2D eigenvalue weighted by molar-refractivity contribution is -0.0367. The third kappa shape index (κ3) is 2.07. The van der Waals surface area contributed by atoms with Crippen LogP contribution in [0.15, 0.2) is 11.6 Å². The first-order valence-corrected chi connectivity index (χ1v) is 6.82. The molecule has 0 aromatic carbocycles. The van der Waals surface area contributed by atoms with Gasteiger partial charge in [-0.25, -0.2) is 0 Å². The van der Waals surface area contributed by atoms with Crippen molar-refractivity contribution in [3.05, 3.63) is 11.6 Å². The normalized spacial score (nSPS) is 40.2. The number of fused-ring (bicyclic) bond motifs is 1. The molecule has 2 aliphatic carbocycles. The van der Waals surface area contributed by atoms with E-state index in [1.807, 2.05) is 13.8 Å². The predicted molar refractivity (Wildman–Crippen MR) is 68.2 cm³/mol. The van der Waals surface area contributed by atoms with Crippen molar-refractivity contribution in [2.75, 3.05) is 0 Å². The van der Waals surface area contributed by atoms with Gasteiger partial charge in [0, 0.05) is 0 Å². The zero-order valence-corrected chi connectivity index (χ0v) is 11.2. The van der Waals surface area contributed by atoms with Crippen molar-refractivity contribution in [1.82, 2.24) is 0 Å². The second-order valence-electron chi connectivity index (χ2n) is 6.52. The summed E-state index contributed by atoms with van der Waals surface area (Å²) in [5.74, 6) is 2.64. The highest BCUT2D eigenvalue weighted by Gasteiger charge is 2.42. The van der Waals surface area contributed by atoms with Gasteiger partial charge in [0.15, 0.2) is 0 Å². The number of allylic oxidation sites excluding steroid dienone is 2. The van der Waals surface area contributed by atoms with Crippen molar-refractivity contribution in [2.24, 2.45) is 23.7 Å². The van der Waals surface area contributed by atoms with Gasteiger partial charge in [0.05, 0.1) is 5.60 Å². The molecule has 92 valence electrons. The Kier molecular flexibility index (Phi) is 3.18. The number of hydrogen-bond donors (Lipinski definition) is 1. The number of hydrogen-bond acceptors (Lipinski definition) is 1. The summed E-state index contributed by atoms with van der Waals surface area (Å²) in [6.07, 6.45) is 7.46. The average Bonchev–Trinajstić information content (AvgIpc) is 2.16. The van der Waals surface area contributed by atoms with Gasteiger partial charge in [-0.3, -0.25) is 0 Å². The number of aliphatic hydroxyl groups is 1. The van der Waals surface area contributed by atoms with Crippen LogP contribution in [-0.2, 0) is 0 Å². The molecule has 4 atom stereocenters. The Balaban J connectivity index is 2.22. The minimum atomic E-state index is -0.512. The first kappa shape index (κ1) is 12.2. The molecule has 2 aliphatic rings. The summed E-state index contributed by atoms with van der Waals surface area (Å²) in [5, 5.41) is 10.3. The van der Waals surface area contributed by atoms with Crippen molar-refractivity contribution in [3.8, 4) is 0 Å². The molecule has 16 heavy (non-hydrogen) atoms. The molecule has 0 aromatic rings. The fourth-order valence-corrected chi connectivity index (χ4v) is 4.17. The van der Waals surface area contributed by atoms with Gasteiger partial charge in [-0.05, 0) is 63.2 Å². The van der Waals surface area contributed by atoms with Gasteiger partial charge in [-0.1, -0.05) is 25.5 Å². The zero-order valence-electron chi connectivity index (χ0n) is 11.2. The van der Waals surface area contributed by atoms with Crippen LogP contribution >= 0.6 is 0 Å². The monoisotopic (exact) mass is 222 g/mol. The van der Waals surface area contributed by atoms with Crippen LogP contribution in [0.2, 0.25) is 0 Å². The van der Waals surface area contributed by atoms with Gasteiger partial charge in [-0.15, -0.1) is 0 Å². The molecule has 0 aromatic heterocycles. The van der Waals surface area contributed by atoms with Crippen LogP contribution in [0, 0.1) is 23.7 Å². The smallest absolute Gasteiger partial charge is 0.0622 e. The first-order valence-electron chi connectivity index (χ1n) is 6.82. The highest BCUT2D eigenvalue weighted by molar-refractivity contribution is 5.17. The van der Waals surface area contributed by atoms with Crippen molar-refractivity contribution in [2.45, 2.75) is 59.0 Å². The average molecular weight is 222 g/mol. The first-order chi connectivity index (χ1) is 7.41. The third-order valence-electron chi connectivity index (χ3n) is 4.92. The molecule has 1 saturated carbocycles. The standard InChI is InChI=1S/C15H26O/c1-10-6-5-7-12-8-9-13(15(3,4)16)11(2)14(10)12/h7,10-11,13-14,16H,5-6,8-9H2,1-4H3/t10-,11+,13-,14?/m1/s1. The van der Waals surface area contributed by atoms with E-state index < -0.39 is 5.60 Å². The van der Waals surface area contributed by atoms with Crippen LogP contribution in [0.25, 0.3) is 0 Å². The second-order valence-corrected chi connectivity index (χ2v) is 6.52. The molecule has 1 heteroatoms. The van der Waals surface area contributed by atoms with Crippen molar-refractivity contribution >= 4 is 0 Å². The summed E-state index contributed by atoms with van der Waals surface area (Å²) in [5.41, 5.74) is 1.18. The van der Waals surface area contributed by atoms with Crippen LogP contribution in [0.4, 0.5) is 0 Å². The van der Waals surface area contributed by atoms with Gasteiger partial charge in [0.25, 0.3) is 0 Å². The Hall–Kier alpha value is -0.300. The van der Waals surface area contributed by atoms with Crippen molar-refractivity contribution < 1.29 is 5.11 Å². The van der Waals surface area contributed by atoms with Crippen LogP contribution < -0.4 is 0 Å². The van der Waals surface area contributed by atoms with E-state index in [9.17, 15) is 5.11 Å². The minimum absolute atomic E-state index is 0.468. The summed E-state index contributed by atoms with van der Waals surface area (Å²) in [4.78, 5) is 0. The Bertz CT molecular complexity index is 284. The van der Waals surface area contributed by atoms with Gasteiger partial charge < -0.3 is 5.11 Å². The Labute approximate surface area is 99.9 Å². The quantitative estimate of drug-likeness (QED) is 0.669. The maximum atomic E-state index is 10.3. The molecule has 1 nitrogen and oxygen atoms in total. The summed E-state index contributed by atoms with van der Waals surface area (Å²) in [6.45, 7) is 8.70. The Morgan fingerprint density at radius 3 is 2.56 bits per heavy atom. The van der Waals surface area contributed by atoms with Gasteiger partial charge in [0.1, 0.15) is 0 Å². The van der Waals surface area contributed by atoms with Gasteiger partial charge >= 0.3 is 0 Å². The second kappa shape index (κ2) is 4.18.